The van der Waals surface area contributed by atoms with Gasteiger partial charge in [-0.05, 0) is 62.7 Å². The van der Waals surface area contributed by atoms with Crippen LogP contribution < -0.4 is 5.32 Å². The molecule has 3 aliphatic heterocycles. The van der Waals surface area contributed by atoms with Crippen molar-refractivity contribution in [3.05, 3.63) is 71.3 Å². The van der Waals surface area contributed by atoms with Crippen LogP contribution in [0.15, 0.2) is 60.2 Å². The number of aryl methyl sites for hydroxylation is 1. The van der Waals surface area contributed by atoms with Crippen molar-refractivity contribution in [2.45, 2.75) is 110 Å². The van der Waals surface area contributed by atoms with E-state index in [1.54, 1.807) is 14.0 Å². The number of nitrogens with one attached hydrogen (secondary N) is 1. The van der Waals surface area contributed by atoms with Gasteiger partial charge in [0.2, 0.25) is 5.91 Å². The van der Waals surface area contributed by atoms with E-state index in [1.807, 2.05) is 31.2 Å². The Balaban J connectivity index is 1.15. The lowest BCUT2D eigenvalue weighted by Crippen LogP contribution is -2.37. The van der Waals surface area contributed by atoms with Gasteiger partial charge in [0.1, 0.15) is 0 Å². The van der Waals surface area contributed by atoms with Gasteiger partial charge in [0.15, 0.2) is 6.29 Å². The average Bonchev–Trinajstić information content (AvgIpc) is 3.60. The molecule has 8 atom stereocenters. The lowest BCUT2D eigenvalue weighted by Gasteiger charge is -2.30. The molecule has 258 valence electrons. The SMILES string of the molecule is CO[C@H]([C@@H](C)[C@H]1O[C@]1(C)C[C@H](C)/C=C/C=C(\C)[C@@H]1CCO[C@H](CC(=O)NCc2ccc(CCCN3C(=O)C=CC3=O)cc2)O1)[C@@H](C)O. The molecular formula is C37H52N2O8. The molecule has 2 saturated heterocycles. The summed E-state index contributed by atoms with van der Waals surface area (Å²) < 4.78 is 23.5. The Morgan fingerprint density at radius 3 is 2.49 bits per heavy atom. The lowest BCUT2D eigenvalue weighted by molar-refractivity contribution is -0.205. The molecule has 1 aromatic rings. The van der Waals surface area contributed by atoms with E-state index >= 15 is 0 Å². The average molecular weight is 653 g/mol. The zero-order chi connectivity index (χ0) is 34.1. The fourth-order valence-electron chi connectivity index (χ4n) is 6.70. The number of allylic oxidation sites excluding steroid dienone is 3. The first-order chi connectivity index (χ1) is 22.4. The predicted octanol–water partition coefficient (Wildman–Crippen LogP) is 4.40. The minimum atomic E-state index is -0.601. The summed E-state index contributed by atoms with van der Waals surface area (Å²) >= 11 is 0. The number of ether oxygens (including phenoxy) is 4. The van der Waals surface area contributed by atoms with Gasteiger partial charge in [-0.1, -0.05) is 56.3 Å². The number of aliphatic hydroxyl groups excluding tert-OH is 1. The highest BCUT2D eigenvalue weighted by molar-refractivity contribution is 6.12. The first-order valence-corrected chi connectivity index (χ1v) is 16.8. The maximum absolute atomic E-state index is 12.7. The number of methoxy groups -OCH3 is 1. The molecule has 0 unspecified atom stereocenters. The van der Waals surface area contributed by atoms with E-state index < -0.39 is 12.4 Å². The van der Waals surface area contributed by atoms with Crippen LogP contribution in [0.1, 0.15) is 71.4 Å². The van der Waals surface area contributed by atoms with Gasteiger partial charge in [-0.2, -0.15) is 0 Å². The topological polar surface area (TPSA) is 127 Å². The van der Waals surface area contributed by atoms with E-state index in [0.29, 0.717) is 32.0 Å². The molecule has 4 rings (SSSR count). The summed E-state index contributed by atoms with van der Waals surface area (Å²) in [5, 5.41) is 13.0. The summed E-state index contributed by atoms with van der Waals surface area (Å²) in [4.78, 5) is 37.3. The second-order valence-corrected chi connectivity index (χ2v) is 13.4. The van der Waals surface area contributed by atoms with E-state index in [0.717, 1.165) is 36.0 Å². The number of hydrogen-bond acceptors (Lipinski definition) is 8. The number of hydrogen-bond donors (Lipinski definition) is 2. The van der Waals surface area contributed by atoms with E-state index in [4.69, 9.17) is 18.9 Å². The maximum atomic E-state index is 12.7. The summed E-state index contributed by atoms with van der Waals surface area (Å²) in [6.07, 6.45) is 10.6. The number of benzene rings is 1. The van der Waals surface area contributed by atoms with Crippen molar-refractivity contribution in [1.82, 2.24) is 10.2 Å². The number of carbonyl (C=O) groups is 3. The third-order valence-corrected chi connectivity index (χ3v) is 9.33. The van der Waals surface area contributed by atoms with Crippen molar-refractivity contribution in [1.29, 1.82) is 0 Å². The second-order valence-electron chi connectivity index (χ2n) is 13.4. The van der Waals surface area contributed by atoms with Crippen molar-refractivity contribution in [2.24, 2.45) is 11.8 Å². The molecule has 47 heavy (non-hydrogen) atoms. The molecular weight excluding hydrogens is 600 g/mol. The Morgan fingerprint density at radius 2 is 1.83 bits per heavy atom. The molecule has 0 spiro atoms. The first kappa shape index (κ1) is 36.7. The molecule has 2 fully saturated rings. The third kappa shape index (κ3) is 10.4. The van der Waals surface area contributed by atoms with Gasteiger partial charge in [0.05, 0.1) is 43.0 Å². The van der Waals surface area contributed by atoms with Crippen LogP contribution in [0.3, 0.4) is 0 Å². The minimum Gasteiger partial charge on any atom is -0.391 e. The normalized spacial score (nSPS) is 27.3. The van der Waals surface area contributed by atoms with Gasteiger partial charge in [-0.15, -0.1) is 0 Å². The van der Waals surface area contributed by atoms with Gasteiger partial charge < -0.3 is 29.4 Å². The molecule has 3 amide bonds. The van der Waals surface area contributed by atoms with Gasteiger partial charge in [0.25, 0.3) is 11.8 Å². The van der Waals surface area contributed by atoms with E-state index in [9.17, 15) is 19.5 Å². The van der Waals surface area contributed by atoms with Crippen LogP contribution in [0.4, 0.5) is 0 Å². The number of amides is 3. The smallest absolute Gasteiger partial charge is 0.253 e. The predicted molar refractivity (Wildman–Crippen MR) is 178 cm³/mol. The number of epoxide rings is 1. The Kier molecular flexibility index (Phi) is 13.1. The molecule has 10 nitrogen and oxygen atoms in total. The molecule has 0 aromatic heterocycles. The standard InChI is InChI=1S/C37H52N2O8/c1-24(22-37(5)36(47-37)26(3)35(44-6)27(4)40)9-7-10-25(2)30-18-20-45-34(46-30)21-31(41)38-23-29-14-12-28(13-15-29)11-8-19-39-32(42)16-17-33(39)43/h7,9-10,12-17,24,26-27,30,34-36,40H,8,11,18-23H2,1-6H3,(H,38,41)/b9-7+,25-10+/t24-,26-,27-,30+,34+,35-,36-,37-/m1/s1. The Bertz CT molecular complexity index is 1300. The monoisotopic (exact) mass is 652 g/mol. The number of carbonyl (C=O) groups excluding carboxylic acids is 3. The molecule has 0 radical (unpaired) electrons. The molecule has 10 heteroatoms. The van der Waals surface area contributed by atoms with Crippen molar-refractivity contribution in [3.8, 4) is 0 Å². The van der Waals surface area contributed by atoms with Crippen LogP contribution in [0.25, 0.3) is 0 Å². The van der Waals surface area contributed by atoms with Crippen LogP contribution in [-0.4, -0.2) is 84.3 Å². The maximum Gasteiger partial charge on any atom is 0.253 e. The zero-order valence-electron chi connectivity index (χ0n) is 28.6. The Labute approximate surface area is 279 Å². The van der Waals surface area contributed by atoms with Gasteiger partial charge >= 0.3 is 0 Å². The summed E-state index contributed by atoms with van der Waals surface area (Å²) in [6, 6.07) is 7.95. The second kappa shape index (κ2) is 16.8. The summed E-state index contributed by atoms with van der Waals surface area (Å²) in [5.74, 6) is -0.252. The fraction of sp³-hybridized carbons (Fsp3) is 0.595. The molecule has 3 heterocycles. The minimum absolute atomic E-state index is 0.0583. The van der Waals surface area contributed by atoms with Crippen LogP contribution >= 0.6 is 0 Å². The number of nitrogens with zero attached hydrogens (tertiary/aromatic N) is 1. The first-order valence-electron chi connectivity index (χ1n) is 16.8. The highest BCUT2D eigenvalue weighted by Gasteiger charge is 2.56. The van der Waals surface area contributed by atoms with Crippen LogP contribution in [0.5, 0.6) is 0 Å². The molecule has 1 aromatic carbocycles. The summed E-state index contributed by atoms with van der Waals surface area (Å²) in [7, 11) is 1.63. The van der Waals surface area contributed by atoms with E-state index in [-0.39, 0.29) is 54.0 Å². The Morgan fingerprint density at radius 1 is 1.15 bits per heavy atom. The van der Waals surface area contributed by atoms with Crippen molar-refractivity contribution in [2.75, 3.05) is 20.3 Å². The van der Waals surface area contributed by atoms with Crippen molar-refractivity contribution in [3.63, 3.8) is 0 Å². The lowest BCUT2D eigenvalue weighted by atomic mass is 9.86. The largest absolute Gasteiger partial charge is 0.391 e. The van der Waals surface area contributed by atoms with Crippen LogP contribution in [0, 0.1) is 11.8 Å². The number of aliphatic hydroxyl groups is 1. The zero-order valence-corrected chi connectivity index (χ0v) is 28.6. The van der Waals surface area contributed by atoms with Crippen molar-refractivity contribution >= 4 is 17.7 Å². The van der Waals surface area contributed by atoms with Crippen LogP contribution in [-0.2, 0) is 46.3 Å². The molecule has 0 aliphatic carbocycles. The molecule has 2 N–H and O–H groups in total. The highest BCUT2D eigenvalue weighted by atomic mass is 16.7. The molecule has 3 aliphatic rings. The third-order valence-electron chi connectivity index (χ3n) is 9.33. The fourth-order valence-corrected chi connectivity index (χ4v) is 6.70. The van der Waals surface area contributed by atoms with Gasteiger partial charge in [0, 0.05) is 44.7 Å². The van der Waals surface area contributed by atoms with Gasteiger partial charge in [-0.3, -0.25) is 19.3 Å². The van der Waals surface area contributed by atoms with E-state index in [1.165, 1.54) is 17.1 Å². The van der Waals surface area contributed by atoms with Crippen molar-refractivity contribution < 1.29 is 38.4 Å². The Hall–Kier alpha value is -3.15. The molecule has 0 saturated carbocycles. The van der Waals surface area contributed by atoms with Crippen LogP contribution in [0.2, 0.25) is 0 Å². The highest BCUT2D eigenvalue weighted by Crippen LogP contribution is 2.47. The number of rotatable bonds is 17. The quantitative estimate of drug-likeness (QED) is 0.144. The van der Waals surface area contributed by atoms with Gasteiger partial charge in [-0.25, -0.2) is 0 Å². The number of imide groups is 1. The summed E-state index contributed by atoms with van der Waals surface area (Å²) in [6.45, 7) is 11.5. The van der Waals surface area contributed by atoms with E-state index in [2.05, 4.69) is 44.3 Å². The summed E-state index contributed by atoms with van der Waals surface area (Å²) in [5.41, 5.74) is 2.93. The molecule has 0 bridgehead atoms.